The molecule has 0 aliphatic rings. The maximum absolute atomic E-state index is 4.66. The Morgan fingerprint density at radius 3 is 1.53 bits per heavy atom. The smallest absolute Gasteiger partial charge is 0.0708 e. The summed E-state index contributed by atoms with van der Waals surface area (Å²) in [6.07, 6.45) is 14.7. The fraction of sp³-hybridized carbons (Fsp3) is 0.923. The SMILES string of the molecule is CCCCCCCCCCC[CH2][Zn+].NC(=S)[S-]. The van der Waals surface area contributed by atoms with Gasteiger partial charge in [0.15, 0.2) is 0 Å². The Hall–Kier alpha value is 0.733. The van der Waals surface area contributed by atoms with Crippen molar-refractivity contribution in [1.82, 2.24) is 0 Å². The van der Waals surface area contributed by atoms with Gasteiger partial charge in [-0.25, -0.2) is 0 Å². The fourth-order valence-electron chi connectivity index (χ4n) is 1.66. The predicted octanol–water partition coefficient (Wildman–Crippen LogP) is 4.65. The summed E-state index contributed by atoms with van der Waals surface area (Å²) in [5.41, 5.74) is 4.66. The van der Waals surface area contributed by atoms with E-state index in [-0.39, 0.29) is 4.32 Å². The molecule has 0 aromatic rings. The van der Waals surface area contributed by atoms with E-state index in [4.69, 9.17) is 0 Å². The largest absolute Gasteiger partial charge is 0.415 e. The summed E-state index contributed by atoms with van der Waals surface area (Å²) < 4.78 is 0.0833. The maximum Gasteiger partial charge on any atom is -0.0708 e. The van der Waals surface area contributed by atoms with Crippen molar-refractivity contribution in [2.24, 2.45) is 5.73 Å². The Morgan fingerprint density at radius 2 is 1.24 bits per heavy atom. The van der Waals surface area contributed by atoms with E-state index in [1.54, 1.807) is 0 Å². The van der Waals surface area contributed by atoms with E-state index < -0.39 is 0 Å². The number of rotatable bonds is 10. The van der Waals surface area contributed by atoms with Crippen LogP contribution in [-0.2, 0) is 30.9 Å². The van der Waals surface area contributed by atoms with E-state index in [1.807, 2.05) is 0 Å². The molecule has 0 fully saturated rings. The molecule has 17 heavy (non-hydrogen) atoms. The van der Waals surface area contributed by atoms with E-state index in [0.717, 1.165) is 0 Å². The molecular weight excluding hydrogens is 300 g/mol. The van der Waals surface area contributed by atoms with Crippen LogP contribution in [0.3, 0.4) is 0 Å². The van der Waals surface area contributed by atoms with Gasteiger partial charge in [0, 0.05) is 0 Å². The molecule has 0 rings (SSSR count). The van der Waals surface area contributed by atoms with Crippen molar-refractivity contribution in [3.8, 4) is 0 Å². The van der Waals surface area contributed by atoms with Gasteiger partial charge in [0.2, 0.25) is 0 Å². The van der Waals surface area contributed by atoms with E-state index in [0.29, 0.717) is 0 Å². The van der Waals surface area contributed by atoms with Crippen LogP contribution in [0.2, 0.25) is 5.02 Å². The molecule has 0 bridgehead atoms. The molecule has 0 spiro atoms. The molecule has 0 heterocycles. The zero-order chi connectivity index (χ0) is 13.4. The summed E-state index contributed by atoms with van der Waals surface area (Å²) >= 11 is 9.76. The summed E-state index contributed by atoms with van der Waals surface area (Å²) in [6.45, 7) is 2.29. The average molecular weight is 327 g/mol. The molecule has 0 amide bonds. The molecule has 0 aliphatic heterocycles. The molecule has 0 saturated heterocycles. The van der Waals surface area contributed by atoms with Gasteiger partial charge in [-0.2, -0.15) is 0 Å². The second-order valence-electron chi connectivity index (χ2n) is 4.35. The minimum absolute atomic E-state index is 0.0833. The fourth-order valence-corrected chi connectivity index (χ4v) is 2.41. The first-order valence-corrected chi connectivity index (χ1v) is 9.82. The molecule has 0 radical (unpaired) electrons. The van der Waals surface area contributed by atoms with Gasteiger partial charge >= 0.3 is 94.4 Å². The normalized spacial score (nSPS) is 9.59. The van der Waals surface area contributed by atoms with Gasteiger partial charge < -0.3 is 30.6 Å². The van der Waals surface area contributed by atoms with Crippen LogP contribution in [0.25, 0.3) is 0 Å². The Balaban J connectivity index is 0. The maximum atomic E-state index is 4.66. The van der Waals surface area contributed by atoms with Crippen LogP contribution in [0.4, 0.5) is 0 Å². The minimum Gasteiger partial charge on any atom is -0.415 e. The topological polar surface area (TPSA) is 26.0 Å². The van der Waals surface area contributed by atoms with E-state index >= 15 is 0 Å². The molecule has 4 heteroatoms. The van der Waals surface area contributed by atoms with Crippen molar-refractivity contribution in [3.63, 3.8) is 0 Å². The van der Waals surface area contributed by atoms with Crippen LogP contribution < -0.4 is 5.73 Å². The van der Waals surface area contributed by atoms with Crippen LogP contribution in [0.1, 0.15) is 71.1 Å². The predicted molar refractivity (Wildman–Crippen MR) is 80.8 cm³/mol. The summed E-state index contributed by atoms with van der Waals surface area (Å²) in [5, 5.41) is 1.50. The molecular formula is C13H27NS2Zn. The molecule has 0 aromatic carbocycles. The van der Waals surface area contributed by atoms with Gasteiger partial charge in [0.05, 0.1) is 0 Å². The van der Waals surface area contributed by atoms with Crippen LogP contribution in [0.5, 0.6) is 0 Å². The van der Waals surface area contributed by atoms with Gasteiger partial charge in [0.1, 0.15) is 0 Å². The van der Waals surface area contributed by atoms with E-state index in [9.17, 15) is 0 Å². The first kappa shape index (κ1) is 20.1. The molecule has 0 atom stereocenters. The van der Waals surface area contributed by atoms with Crippen LogP contribution in [-0.4, -0.2) is 4.32 Å². The number of hydrogen-bond acceptors (Lipinski definition) is 2. The van der Waals surface area contributed by atoms with Crippen molar-refractivity contribution in [3.05, 3.63) is 0 Å². The van der Waals surface area contributed by atoms with Gasteiger partial charge in [-0.3, -0.25) is 0 Å². The van der Waals surface area contributed by atoms with Crippen molar-refractivity contribution in [2.45, 2.75) is 76.1 Å². The third kappa shape index (κ3) is 31.5. The third-order valence-electron chi connectivity index (χ3n) is 2.60. The van der Waals surface area contributed by atoms with Crippen molar-refractivity contribution in [2.75, 3.05) is 0 Å². The number of nitrogens with two attached hydrogens (primary N) is 1. The Kier molecular flexibility index (Phi) is 22.5. The second kappa shape index (κ2) is 19.1. The molecule has 0 aromatic heterocycles. The van der Waals surface area contributed by atoms with E-state index in [2.05, 4.69) is 37.5 Å². The van der Waals surface area contributed by atoms with Crippen molar-refractivity contribution >= 4 is 29.2 Å². The first-order valence-electron chi connectivity index (χ1n) is 6.90. The quantitative estimate of drug-likeness (QED) is 0.274. The number of thiocarbonyl (C=S) groups is 1. The average Bonchev–Trinajstić information content (AvgIpc) is 2.26. The Bertz CT molecular complexity index is 140. The molecule has 1 nitrogen and oxygen atoms in total. The summed E-state index contributed by atoms with van der Waals surface area (Å²) in [6, 6.07) is 0. The number of unbranched alkanes of at least 4 members (excludes halogenated alkanes) is 9. The summed E-state index contributed by atoms with van der Waals surface area (Å²) in [7, 11) is 0. The van der Waals surface area contributed by atoms with Crippen molar-refractivity contribution < 1.29 is 18.3 Å². The first-order chi connectivity index (χ1) is 8.15. The molecule has 0 unspecified atom stereocenters. The summed E-state index contributed by atoms with van der Waals surface area (Å²) in [5.74, 6) is 0. The minimum atomic E-state index is 0.0833. The second-order valence-corrected chi connectivity index (χ2v) is 6.98. The van der Waals surface area contributed by atoms with Crippen molar-refractivity contribution in [1.29, 1.82) is 0 Å². The standard InChI is InChI=1S/C12H25.CH3NS2.Zn/c1-3-5-7-9-11-12-10-8-6-4-2;2-1(3)4;/h1,3-12H2,2H3;(H3,2,3,4);/q;;+1/p-1. The van der Waals surface area contributed by atoms with Crippen LogP contribution >= 0.6 is 12.2 Å². The van der Waals surface area contributed by atoms with Gasteiger partial charge in [-0.15, -0.1) is 0 Å². The molecule has 2 N–H and O–H groups in total. The monoisotopic (exact) mass is 325 g/mol. The van der Waals surface area contributed by atoms with Gasteiger partial charge in [0.25, 0.3) is 0 Å². The summed E-state index contributed by atoms with van der Waals surface area (Å²) in [4.78, 5) is 0. The Morgan fingerprint density at radius 1 is 0.941 bits per heavy atom. The molecule has 0 aliphatic carbocycles. The van der Waals surface area contributed by atoms with Crippen LogP contribution in [0.15, 0.2) is 0 Å². The number of hydrogen-bond donors (Lipinski definition) is 1. The zero-order valence-electron chi connectivity index (χ0n) is 11.4. The Labute approximate surface area is 129 Å². The molecule has 0 saturated carbocycles. The van der Waals surface area contributed by atoms with Crippen LogP contribution in [0, 0.1) is 0 Å². The molecule has 98 valence electrons. The third-order valence-corrected chi connectivity index (χ3v) is 3.65. The zero-order valence-corrected chi connectivity index (χ0v) is 16.0. The van der Waals surface area contributed by atoms with E-state index in [1.165, 1.54) is 87.5 Å². The van der Waals surface area contributed by atoms with Gasteiger partial charge in [-0.1, -0.05) is 4.32 Å². The van der Waals surface area contributed by atoms with Gasteiger partial charge in [-0.05, 0) is 0 Å².